The van der Waals surface area contributed by atoms with Crippen LogP contribution in [0.4, 0.5) is 0 Å². The van der Waals surface area contributed by atoms with E-state index in [2.05, 4.69) is 15.3 Å². The van der Waals surface area contributed by atoms with Crippen LogP contribution >= 0.6 is 0 Å². The molecule has 4 rings (SSSR count). The van der Waals surface area contributed by atoms with E-state index in [4.69, 9.17) is 0 Å². The first-order chi connectivity index (χ1) is 12.7. The van der Waals surface area contributed by atoms with E-state index in [1.54, 1.807) is 23.0 Å². The van der Waals surface area contributed by atoms with Crippen molar-refractivity contribution in [3.63, 3.8) is 0 Å². The molecule has 2 aliphatic rings. The average molecular weight is 352 g/mol. The fourth-order valence-electron chi connectivity index (χ4n) is 4.19. The molecule has 1 aliphatic heterocycles. The Morgan fingerprint density at radius 2 is 1.85 bits per heavy atom. The summed E-state index contributed by atoms with van der Waals surface area (Å²) in [6.45, 7) is 0.684. The lowest BCUT2D eigenvalue weighted by Gasteiger charge is -2.26. The van der Waals surface area contributed by atoms with Crippen LogP contribution in [0.3, 0.4) is 0 Å². The van der Waals surface area contributed by atoms with Gasteiger partial charge in [0.25, 0.3) is 11.5 Å². The Hall–Kier alpha value is -2.50. The number of aromatic nitrogens is 3. The summed E-state index contributed by atoms with van der Waals surface area (Å²) in [6, 6.07) is 1.80. The Balaban J connectivity index is 1.79. The van der Waals surface area contributed by atoms with Crippen molar-refractivity contribution >= 4 is 5.91 Å². The lowest BCUT2D eigenvalue weighted by Crippen LogP contribution is -2.39. The zero-order chi connectivity index (χ0) is 17.9. The third-order valence-electron chi connectivity index (χ3n) is 5.50. The van der Waals surface area contributed by atoms with E-state index in [-0.39, 0.29) is 17.5 Å². The molecule has 3 heterocycles. The second-order valence-electron chi connectivity index (χ2n) is 7.26. The number of hydrogen-bond donors (Lipinski definition) is 1. The second-order valence-corrected chi connectivity index (χ2v) is 7.26. The van der Waals surface area contributed by atoms with Crippen molar-refractivity contribution in [2.75, 3.05) is 0 Å². The molecule has 2 aromatic heterocycles. The first-order valence-corrected chi connectivity index (χ1v) is 9.57. The van der Waals surface area contributed by atoms with E-state index in [1.807, 2.05) is 0 Å². The lowest BCUT2D eigenvalue weighted by molar-refractivity contribution is 0.0926. The van der Waals surface area contributed by atoms with Crippen LogP contribution in [0.2, 0.25) is 0 Å². The number of hydrogen-bond acceptors (Lipinski definition) is 4. The van der Waals surface area contributed by atoms with Gasteiger partial charge in [0.05, 0.1) is 5.56 Å². The number of fused-ring (bicyclic) bond motifs is 1. The van der Waals surface area contributed by atoms with Gasteiger partial charge < -0.3 is 9.88 Å². The molecule has 1 aliphatic carbocycles. The lowest BCUT2D eigenvalue weighted by atomic mass is 9.93. The van der Waals surface area contributed by atoms with E-state index in [1.165, 1.54) is 12.7 Å². The standard InChI is InChI=1S/C20H24N4O2/c25-18-10-16(14-11-21-13-22-12-14)19(17-8-4-5-9-24(17)18)20(26)23-15-6-2-1-3-7-15/h10-13,15H,1-9H2,(H,23,26). The van der Waals surface area contributed by atoms with Crippen molar-refractivity contribution in [1.29, 1.82) is 0 Å². The molecule has 1 N–H and O–H groups in total. The molecule has 0 radical (unpaired) electrons. The highest BCUT2D eigenvalue weighted by atomic mass is 16.2. The van der Waals surface area contributed by atoms with Gasteiger partial charge in [-0.3, -0.25) is 9.59 Å². The largest absolute Gasteiger partial charge is 0.349 e. The van der Waals surface area contributed by atoms with Gasteiger partial charge in [-0.05, 0) is 32.1 Å². The number of pyridine rings is 1. The quantitative estimate of drug-likeness (QED) is 0.921. The van der Waals surface area contributed by atoms with Gasteiger partial charge in [0, 0.05) is 47.9 Å². The molecule has 0 saturated heterocycles. The summed E-state index contributed by atoms with van der Waals surface area (Å²) in [5, 5.41) is 3.22. The molecule has 6 heteroatoms. The Morgan fingerprint density at radius 1 is 1.08 bits per heavy atom. The van der Waals surface area contributed by atoms with E-state index in [0.717, 1.165) is 50.6 Å². The van der Waals surface area contributed by atoms with Crippen molar-refractivity contribution in [1.82, 2.24) is 19.9 Å². The van der Waals surface area contributed by atoms with Crippen LogP contribution in [0, 0.1) is 0 Å². The molecule has 0 bridgehead atoms. The topological polar surface area (TPSA) is 76.9 Å². The molecule has 1 fully saturated rings. The first kappa shape index (κ1) is 16.9. The van der Waals surface area contributed by atoms with Gasteiger partial charge in [-0.1, -0.05) is 19.3 Å². The van der Waals surface area contributed by atoms with Gasteiger partial charge in [-0.2, -0.15) is 0 Å². The fourth-order valence-corrected chi connectivity index (χ4v) is 4.19. The molecule has 6 nitrogen and oxygen atoms in total. The van der Waals surface area contributed by atoms with Crippen LogP contribution in [0.1, 0.15) is 61.0 Å². The molecule has 0 atom stereocenters. The number of nitrogens with one attached hydrogen (secondary N) is 1. The average Bonchev–Trinajstić information content (AvgIpc) is 2.69. The third-order valence-corrected chi connectivity index (χ3v) is 5.50. The molecule has 136 valence electrons. The summed E-state index contributed by atoms with van der Waals surface area (Å²) in [5.41, 5.74) is 2.80. The van der Waals surface area contributed by atoms with Gasteiger partial charge >= 0.3 is 0 Å². The van der Waals surface area contributed by atoms with Crippen molar-refractivity contribution in [3.8, 4) is 11.1 Å². The monoisotopic (exact) mass is 352 g/mol. The van der Waals surface area contributed by atoms with E-state index in [9.17, 15) is 9.59 Å². The van der Waals surface area contributed by atoms with Crippen molar-refractivity contribution < 1.29 is 4.79 Å². The number of carbonyl (C=O) groups is 1. The molecule has 2 aromatic rings. The van der Waals surface area contributed by atoms with Crippen molar-refractivity contribution in [2.24, 2.45) is 0 Å². The number of rotatable bonds is 3. The highest BCUT2D eigenvalue weighted by molar-refractivity contribution is 6.02. The fraction of sp³-hybridized carbons (Fsp3) is 0.500. The van der Waals surface area contributed by atoms with E-state index < -0.39 is 0 Å². The van der Waals surface area contributed by atoms with Gasteiger partial charge in [-0.25, -0.2) is 9.97 Å². The van der Waals surface area contributed by atoms with E-state index >= 15 is 0 Å². The number of amides is 1. The van der Waals surface area contributed by atoms with Crippen LogP contribution in [0.5, 0.6) is 0 Å². The van der Waals surface area contributed by atoms with Gasteiger partial charge in [-0.15, -0.1) is 0 Å². The summed E-state index contributed by atoms with van der Waals surface area (Å²) < 4.78 is 1.77. The summed E-state index contributed by atoms with van der Waals surface area (Å²) in [5.74, 6) is -0.0681. The molecule has 0 aromatic carbocycles. The van der Waals surface area contributed by atoms with Gasteiger partial charge in [0.15, 0.2) is 0 Å². The number of nitrogens with zero attached hydrogens (tertiary/aromatic N) is 3. The zero-order valence-electron chi connectivity index (χ0n) is 14.9. The van der Waals surface area contributed by atoms with Gasteiger partial charge in [0.2, 0.25) is 0 Å². The molecule has 26 heavy (non-hydrogen) atoms. The Morgan fingerprint density at radius 3 is 2.62 bits per heavy atom. The smallest absolute Gasteiger partial charge is 0.253 e. The molecule has 1 saturated carbocycles. The minimum absolute atomic E-state index is 0.0484. The van der Waals surface area contributed by atoms with Crippen LogP contribution in [0.15, 0.2) is 29.6 Å². The number of carbonyl (C=O) groups excluding carboxylic acids is 1. The minimum atomic E-state index is -0.0681. The normalized spacial score (nSPS) is 17.5. The summed E-state index contributed by atoms with van der Waals surface area (Å²) in [7, 11) is 0. The van der Waals surface area contributed by atoms with E-state index in [0.29, 0.717) is 23.2 Å². The van der Waals surface area contributed by atoms with Crippen molar-refractivity contribution in [3.05, 3.63) is 46.4 Å². The highest BCUT2D eigenvalue weighted by Gasteiger charge is 2.26. The summed E-state index contributed by atoms with van der Waals surface area (Å²) in [6.07, 6.45) is 13.2. The second kappa shape index (κ2) is 7.40. The Kier molecular flexibility index (Phi) is 4.82. The molecule has 1 amide bonds. The van der Waals surface area contributed by atoms with Gasteiger partial charge in [0.1, 0.15) is 6.33 Å². The maximum absolute atomic E-state index is 13.2. The van der Waals surface area contributed by atoms with Crippen LogP contribution in [-0.4, -0.2) is 26.5 Å². The summed E-state index contributed by atoms with van der Waals surface area (Å²) in [4.78, 5) is 34.0. The summed E-state index contributed by atoms with van der Waals surface area (Å²) >= 11 is 0. The first-order valence-electron chi connectivity index (χ1n) is 9.57. The third kappa shape index (κ3) is 3.28. The predicted octanol–water partition coefficient (Wildman–Crippen LogP) is 2.70. The SMILES string of the molecule is O=C(NC1CCCCC1)c1c(-c2cncnc2)cc(=O)n2c1CCCC2. The predicted molar refractivity (Wildman–Crippen MR) is 99.0 cm³/mol. The van der Waals surface area contributed by atoms with Crippen LogP contribution in [-0.2, 0) is 13.0 Å². The maximum atomic E-state index is 13.2. The molecule has 0 unspecified atom stereocenters. The Bertz CT molecular complexity index is 854. The van der Waals surface area contributed by atoms with Crippen molar-refractivity contribution in [2.45, 2.75) is 64.0 Å². The maximum Gasteiger partial charge on any atom is 0.253 e. The molecular formula is C20H24N4O2. The van der Waals surface area contributed by atoms with Crippen LogP contribution < -0.4 is 10.9 Å². The minimum Gasteiger partial charge on any atom is -0.349 e. The highest BCUT2D eigenvalue weighted by Crippen LogP contribution is 2.28. The molecular weight excluding hydrogens is 328 g/mol. The van der Waals surface area contributed by atoms with Crippen LogP contribution in [0.25, 0.3) is 11.1 Å². The molecule has 0 spiro atoms. The zero-order valence-corrected chi connectivity index (χ0v) is 14.9. The Labute approximate surface area is 152 Å².